The molecule has 0 aliphatic heterocycles. The minimum Gasteiger partial charge on any atom is -0.388 e. The molecule has 4 heteroatoms. The second-order valence-corrected chi connectivity index (χ2v) is 1.41. The van der Waals surface area contributed by atoms with Crippen LogP contribution < -0.4 is 0 Å². The molecular formula is C3H8FO2S+. The Morgan fingerprint density at radius 1 is 1.86 bits per heavy atom. The minimum absolute atomic E-state index is 0.00656. The quantitative estimate of drug-likeness (QED) is 0.506. The van der Waals surface area contributed by atoms with Crippen LogP contribution in [0.2, 0.25) is 0 Å². The van der Waals surface area contributed by atoms with Crippen LogP contribution in [0, 0.1) is 0 Å². The fourth-order valence-corrected chi connectivity index (χ4v) is 0.333. The minimum atomic E-state index is -0.988. The van der Waals surface area contributed by atoms with Crippen molar-refractivity contribution in [2.45, 2.75) is 6.10 Å². The summed E-state index contributed by atoms with van der Waals surface area (Å²) in [6.07, 6.45) is -0.988. The van der Waals surface area contributed by atoms with Gasteiger partial charge >= 0.3 is 0 Å². The van der Waals surface area contributed by atoms with Gasteiger partial charge in [0.05, 0.1) is 0 Å². The van der Waals surface area contributed by atoms with Crippen LogP contribution in [0.25, 0.3) is 0 Å². The highest BCUT2D eigenvalue weighted by atomic mass is 32.1. The predicted molar refractivity (Wildman–Crippen MR) is 28.1 cm³/mol. The van der Waals surface area contributed by atoms with Crippen molar-refractivity contribution in [2.75, 3.05) is 13.3 Å². The first-order valence-electron chi connectivity index (χ1n) is 1.83. The topological polar surface area (TPSA) is 29.5 Å². The third kappa shape index (κ3) is 4.04. The molecule has 2 nitrogen and oxygen atoms in total. The summed E-state index contributed by atoms with van der Waals surface area (Å²) >= 11 is 2.61. The summed E-state index contributed by atoms with van der Waals surface area (Å²) in [7, 11) is 0. The first kappa shape index (κ1) is 7.20. The lowest BCUT2D eigenvalue weighted by Crippen LogP contribution is -2.14. The van der Waals surface area contributed by atoms with Crippen molar-refractivity contribution in [3.63, 3.8) is 0 Å². The van der Waals surface area contributed by atoms with Gasteiger partial charge in [-0.1, -0.05) is 0 Å². The van der Waals surface area contributed by atoms with Crippen LogP contribution in [0.1, 0.15) is 0 Å². The van der Waals surface area contributed by atoms with Crippen LogP contribution in [0.15, 0.2) is 0 Å². The molecule has 0 heterocycles. The van der Waals surface area contributed by atoms with Crippen molar-refractivity contribution in [2.24, 2.45) is 0 Å². The van der Waals surface area contributed by atoms with Crippen molar-refractivity contribution in [1.29, 1.82) is 0 Å². The molecule has 0 aliphatic rings. The van der Waals surface area contributed by atoms with Crippen molar-refractivity contribution in [1.82, 2.24) is 0 Å². The van der Waals surface area contributed by atoms with Gasteiger partial charge in [0.2, 0.25) is 0 Å². The molecule has 0 radical (unpaired) electrons. The van der Waals surface area contributed by atoms with E-state index in [1.54, 1.807) is 0 Å². The molecule has 44 valence electrons. The van der Waals surface area contributed by atoms with E-state index in [0.717, 1.165) is 0 Å². The fourth-order valence-electron chi connectivity index (χ4n) is 0.141. The lowest BCUT2D eigenvalue weighted by Gasteiger charge is -1.96. The van der Waals surface area contributed by atoms with Gasteiger partial charge in [-0.3, -0.25) is 0 Å². The van der Waals surface area contributed by atoms with E-state index in [-0.39, 0.29) is 6.61 Å². The number of aliphatic hydroxyl groups is 1. The van der Waals surface area contributed by atoms with E-state index in [1.807, 2.05) is 0 Å². The fraction of sp³-hybridized carbons (Fsp3) is 1.00. The Hall–Kier alpha value is 0.200. The SMILES string of the molecule is O[C@@H](CF)CO[SH2+]. The van der Waals surface area contributed by atoms with Crippen LogP contribution in [0.5, 0.6) is 0 Å². The highest BCUT2D eigenvalue weighted by Crippen LogP contribution is 1.82. The highest BCUT2D eigenvalue weighted by molar-refractivity contribution is 7.53. The number of hydrogen-bond acceptors (Lipinski definition) is 2. The van der Waals surface area contributed by atoms with Gasteiger partial charge in [0.25, 0.3) is 0 Å². The Morgan fingerprint density at radius 3 is 2.57 bits per heavy atom. The summed E-state index contributed by atoms with van der Waals surface area (Å²) in [5.74, 6) is 0. The average Bonchev–Trinajstić information content (AvgIpc) is 1.68. The lowest BCUT2D eigenvalue weighted by atomic mass is 10.4. The predicted octanol–water partition coefficient (Wildman–Crippen LogP) is -0.740. The maximum atomic E-state index is 11.2. The molecule has 0 amide bonds. The first-order valence-corrected chi connectivity index (χ1v) is 2.24. The normalized spacial score (nSPS) is 14.1. The molecule has 0 fully saturated rings. The van der Waals surface area contributed by atoms with Gasteiger partial charge in [-0.15, -0.1) is 0 Å². The molecule has 1 atom stereocenters. The zero-order valence-corrected chi connectivity index (χ0v) is 4.72. The van der Waals surface area contributed by atoms with Crippen molar-refractivity contribution < 1.29 is 13.7 Å². The van der Waals surface area contributed by atoms with Gasteiger partial charge in [-0.25, -0.2) is 4.39 Å². The number of halogens is 1. The van der Waals surface area contributed by atoms with Gasteiger partial charge in [-0.2, -0.15) is 4.18 Å². The second kappa shape index (κ2) is 4.36. The number of alkyl halides is 1. The molecule has 0 unspecified atom stereocenters. The van der Waals surface area contributed by atoms with E-state index in [0.29, 0.717) is 0 Å². The van der Waals surface area contributed by atoms with E-state index in [1.165, 1.54) is 0 Å². The van der Waals surface area contributed by atoms with Crippen LogP contribution in [-0.2, 0) is 17.1 Å². The maximum absolute atomic E-state index is 11.2. The maximum Gasteiger partial charge on any atom is 0.131 e. The standard InChI is InChI=1S/C3H7FO2S/c4-1-3(5)2-6-7/h3,5,7H,1-2H2/p+1/t3-/m0/s1. The van der Waals surface area contributed by atoms with E-state index in [9.17, 15) is 4.39 Å². The van der Waals surface area contributed by atoms with Crippen LogP contribution >= 0.6 is 0 Å². The summed E-state index contributed by atoms with van der Waals surface area (Å²) in [4.78, 5) is 0. The molecule has 0 aromatic carbocycles. The summed E-state index contributed by atoms with van der Waals surface area (Å²) in [6, 6.07) is 0. The zero-order valence-electron chi connectivity index (χ0n) is 3.72. The van der Waals surface area contributed by atoms with Crippen molar-refractivity contribution in [3.05, 3.63) is 0 Å². The molecule has 0 saturated heterocycles. The Kier molecular flexibility index (Phi) is 4.49. The van der Waals surface area contributed by atoms with E-state index >= 15 is 0 Å². The third-order valence-electron chi connectivity index (χ3n) is 0.454. The Bertz CT molecular complexity index is 43.9. The van der Waals surface area contributed by atoms with Crippen LogP contribution in [0.3, 0.4) is 0 Å². The molecule has 0 saturated carbocycles. The second-order valence-electron chi connectivity index (χ2n) is 1.12. The summed E-state index contributed by atoms with van der Waals surface area (Å²) in [5, 5.41) is 8.33. The molecule has 0 spiro atoms. The Morgan fingerprint density at radius 2 is 2.43 bits per heavy atom. The average molecular weight is 127 g/mol. The van der Waals surface area contributed by atoms with Crippen molar-refractivity contribution >= 4 is 12.9 Å². The molecule has 0 aromatic rings. The molecule has 0 aliphatic carbocycles. The molecule has 0 aromatic heterocycles. The van der Waals surface area contributed by atoms with Gasteiger partial charge in [-0.05, 0) is 0 Å². The van der Waals surface area contributed by atoms with E-state index in [4.69, 9.17) is 5.11 Å². The number of hydrogen-bond donors (Lipinski definition) is 1. The number of aliphatic hydroxyl groups excluding tert-OH is 1. The highest BCUT2D eigenvalue weighted by Gasteiger charge is 2.01. The monoisotopic (exact) mass is 127 g/mol. The van der Waals surface area contributed by atoms with E-state index < -0.39 is 12.8 Å². The van der Waals surface area contributed by atoms with Crippen molar-refractivity contribution in [3.8, 4) is 0 Å². The molecule has 0 bridgehead atoms. The Balaban J connectivity index is 2.83. The summed E-state index contributed by atoms with van der Waals surface area (Å²) in [5.41, 5.74) is 0. The van der Waals surface area contributed by atoms with Gasteiger partial charge in [0, 0.05) is 0 Å². The smallest absolute Gasteiger partial charge is 0.131 e. The molecule has 7 heavy (non-hydrogen) atoms. The van der Waals surface area contributed by atoms with E-state index in [2.05, 4.69) is 17.1 Å². The van der Waals surface area contributed by atoms with Crippen LogP contribution in [-0.4, -0.2) is 24.5 Å². The van der Waals surface area contributed by atoms with Gasteiger partial charge < -0.3 is 5.11 Å². The molecular weight excluding hydrogens is 119 g/mol. The molecule has 1 N–H and O–H groups in total. The zero-order chi connectivity index (χ0) is 5.70. The van der Waals surface area contributed by atoms with Gasteiger partial charge in [0.1, 0.15) is 32.3 Å². The number of rotatable bonds is 3. The van der Waals surface area contributed by atoms with Gasteiger partial charge in [0.15, 0.2) is 0 Å². The molecule has 0 rings (SSSR count). The lowest BCUT2D eigenvalue weighted by molar-refractivity contribution is 0.0938. The summed E-state index contributed by atoms with van der Waals surface area (Å²) in [6.45, 7) is -0.766. The van der Waals surface area contributed by atoms with Crippen LogP contribution in [0.4, 0.5) is 4.39 Å². The largest absolute Gasteiger partial charge is 0.388 e. The summed E-state index contributed by atoms with van der Waals surface area (Å²) < 4.78 is 15.4. The Labute approximate surface area is 46.9 Å². The first-order chi connectivity index (χ1) is 3.31. The third-order valence-corrected chi connectivity index (χ3v) is 0.621.